The minimum Gasteiger partial charge on any atom is -0.340 e. The van der Waals surface area contributed by atoms with Gasteiger partial charge < -0.3 is 30.4 Å². The summed E-state index contributed by atoms with van der Waals surface area (Å²) in [6.07, 6.45) is 2.51. The first kappa shape index (κ1) is 31.4. The fourth-order valence-electron chi connectivity index (χ4n) is 7.55. The van der Waals surface area contributed by atoms with Crippen LogP contribution in [0.15, 0.2) is 60.8 Å². The highest BCUT2D eigenvalue weighted by atomic mass is 19.1. The Kier molecular flexibility index (Phi) is 8.25. The normalized spacial score (nSPS) is 26.9. The van der Waals surface area contributed by atoms with Crippen LogP contribution in [-0.4, -0.2) is 92.2 Å². The van der Waals surface area contributed by atoms with E-state index in [1.165, 1.54) is 0 Å². The van der Waals surface area contributed by atoms with Gasteiger partial charge in [-0.2, -0.15) is 0 Å². The molecule has 0 spiro atoms. The maximum absolute atomic E-state index is 13.8. The number of likely N-dealkylation sites (tertiary alicyclic amines) is 2. The number of fused-ring (bicyclic) bond motifs is 1. The molecule has 6 heterocycles. The Hall–Kier alpha value is -4.86. The summed E-state index contributed by atoms with van der Waals surface area (Å²) < 4.78 is 27.5. The zero-order valence-corrected chi connectivity index (χ0v) is 27.0. The number of aromatic nitrogens is 4. The molecule has 10 nitrogen and oxygen atoms in total. The molecule has 4 aromatic rings. The standard InChI is InChI=1S/C37H38F2N8O2/c1-21-13-33(47(20-21)37(49)30-16-26(39)18-41-30)34-42-19-31(45-34)24-9-6-22(7-10-24)4-5-23-8-11-27-28(14-23)44-35(43-27)32-3-2-12-46(32)36(48)29-15-25(38)17-40-29/h6-11,14,19,25-26,29-30,32-33,40-41H,1-3,12-13,15-18,20H2,(H,42,45)(H,43,44)/t25-,26+,29+,30-,32-,33-/m0/s1. The van der Waals surface area contributed by atoms with Crippen molar-refractivity contribution < 1.29 is 18.4 Å². The van der Waals surface area contributed by atoms with Gasteiger partial charge in [0.1, 0.15) is 24.0 Å². The van der Waals surface area contributed by atoms with E-state index in [1.807, 2.05) is 47.4 Å². The van der Waals surface area contributed by atoms with Crippen LogP contribution in [-0.2, 0) is 9.59 Å². The van der Waals surface area contributed by atoms with Gasteiger partial charge in [-0.3, -0.25) is 9.59 Å². The van der Waals surface area contributed by atoms with Crippen molar-refractivity contribution >= 4 is 22.8 Å². The molecule has 0 bridgehead atoms. The maximum Gasteiger partial charge on any atom is 0.240 e. The summed E-state index contributed by atoms with van der Waals surface area (Å²) in [5.74, 6) is 7.75. The van der Waals surface area contributed by atoms with Gasteiger partial charge in [0, 0.05) is 50.1 Å². The molecular formula is C37H38F2N8O2. The number of rotatable bonds is 5. The van der Waals surface area contributed by atoms with Gasteiger partial charge in [0.15, 0.2) is 0 Å². The number of H-pyrrole nitrogens is 2. The summed E-state index contributed by atoms with van der Waals surface area (Å²) >= 11 is 0. The lowest BCUT2D eigenvalue weighted by Crippen LogP contribution is -2.43. The Morgan fingerprint density at radius 1 is 0.857 bits per heavy atom. The van der Waals surface area contributed by atoms with Crippen molar-refractivity contribution in [1.82, 2.24) is 40.4 Å². The van der Waals surface area contributed by atoms with Gasteiger partial charge in [-0.15, -0.1) is 0 Å². The Labute approximate surface area is 282 Å². The lowest BCUT2D eigenvalue weighted by molar-refractivity contribution is -0.134. The highest BCUT2D eigenvalue weighted by Crippen LogP contribution is 2.36. The van der Waals surface area contributed by atoms with Crippen molar-refractivity contribution in [2.24, 2.45) is 0 Å². The van der Waals surface area contributed by atoms with Crippen molar-refractivity contribution in [2.45, 2.75) is 68.6 Å². The van der Waals surface area contributed by atoms with E-state index in [4.69, 9.17) is 4.98 Å². The second-order valence-corrected chi connectivity index (χ2v) is 13.6. The number of halogens is 2. The van der Waals surface area contributed by atoms with E-state index < -0.39 is 24.4 Å². The second-order valence-electron chi connectivity index (χ2n) is 13.6. The molecule has 2 amide bonds. The van der Waals surface area contributed by atoms with Gasteiger partial charge in [-0.1, -0.05) is 36.1 Å². The van der Waals surface area contributed by atoms with Crippen LogP contribution in [0.5, 0.6) is 0 Å². The van der Waals surface area contributed by atoms with Crippen molar-refractivity contribution in [3.63, 3.8) is 0 Å². The van der Waals surface area contributed by atoms with Gasteiger partial charge in [0.2, 0.25) is 11.8 Å². The van der Waals surface area contributed by atoms with Gasteiger partial charge >= 0.3 is 0 Å². The Balaban J connectivity index is 0.938. The molecule has 2 aromatic carbocycles. The number of carbonyl (C=O) groups excluding carboxylic acids is 2. The predicted octanol–water partition coefficient (Wildman–Crippen LogP) is 4.25. The van der Waals surface area contributed by atoms with Crippen molar-refractivity contribution in [1.29, 1.82) is 0 Å². The third-order valence-corrected chi connectivity index (χ3v) is 10.1. The third-order valence-electron chi connectivity index (χ3n) is 10.1. The number of imidazole rings is 2. The van der Waals surface area contributed by atoms with E-state index in [0.717, 1.165) is 57.7 Å². The molecule has 0 saturated carbocycles. The molecular weight excluding hydrogens is 626 g/mol. The Morgan fingerprint density at radius 3 is 2.27 bits per heavy atom. The molecule has 0 unspecified atom stereocenters. The average Bonchev–Trinajstić information content (AvgIpc) is 3.94. The number of benzene rings is 2. The van der Waals surface area contributed by atoms with E-state index in [-0.39, 0.29) is 49.8 Å². The highest BCUT2D eigenvalue weighted by molar-refractivity contribution is 5.84. The summed E-state index contributed by atoms with van der Waals surface area (Å²) in [5, 5.41) is 6.01. The molecule has 6 atom stereocenters. The number of hydrogen-bond donors (Lipinski definition) is 4. The maximum atomic E-state index is 13.8. The van der Waals surface area contributed by atoms with Crippen LogP contribution in [0.25, 0.3) is 22.3 Å². The molecule has 0 radical (unpaired) electrons. The SMILES string of the molecule is C=C1C[C@@H](c2ncc(-c3ccc(C#Cc4ccc5nc([C@@H]6CCCN6C(=O)[C@H]6C[C@H](F)CN6)[nH]c5c4)cc3)[nH]2)N(C(=O)[C@@H]2C[C@@H](F)CN2)C1. The molecule has 4 aliphatic heterocycles. The quantitative estimate of drug-likeness (QED) is 0.187. The van der Waals surface area contributed by atoms with E-state index >= 15 is 0 Å². The van der Waals surface area contributed by atoms with E-state index in [2.05, 4.69) is 44.0 Å². The molecule has 49 heavy (non-hydrogen) atoms. The zero-order valence-electron chi connectivity index (χ0n) is 27.0. The minimum atomic E-state index is -1.00. The number of alkyl halides is 2. The molecule has 2 aromatic heterocycles. The highest BCUT2D eigenvalue weighted by Gasteiger charge is 2.40. The lowest BCUT2D eigenvalue weighted by atomic mass is 10.1. The zero-order chi connectivity index (χ0) is 33.6. The van der Waals surface area contributed by atoms with Crippen molar-refractivity contribution in [3.05, 3.63) is 83.6 Å². The first-order valence-electron chi connectivity index (χ1n) is 17.0. The fraction of sp³-hybridized carbons (Fsp3) is 0.405. The van der Waals surface area contributed by atoms with Gasteiger partial charge in [-0.25, -0.2) is 18.7 Å². The fourth-order valence-corrected chi connectivity index (χ4v) is 7.55. The summed E-state index contributed by atoms with van der Waals surface area (Å²) in [5.41, 5.74) is 6.07. The van der Waals surface area contributed by atoms with Crippen LogP contribution in [0, 0.1) is 11.8 Å². The van der Waals surface area contributed by atoms with E-state index in [9.17, 15) is 18.4 Å². The van der Waals surface area contributed by atoms with Gasteiger partial charge in [0.05, 0.1) is 47.1 Å². The average molecular weight is 665 g/mol. The summed E-state index contributed by atoms with van der Waals surface area (Å²) in [7, 11) is 0. The third kappa shape index (κ3) is 6.24. The van der Waals surface area contributed by atoms with E-state index in [0.29, 0.717) is 25.3 Å². The molecule has 4 aliphatic rings. The molecule has 12 heteroatoms. The predicted molar refractivity (Wildman–Crippen MR) is 181 cm³/mol. The van der Waals surface area contributed by atoms with Crippen LogP contribution in [0.4, 0.5) is 8.78 Å². The molecule has 4 fully saturated rings. The molecule has 0 aliphatic carbocycles. The summed E-state index contributed by atoms with van der Waals surface area (Å²) in [4.78, 5) is 46.1. The summed E-state index contributed by atoms with van der Waals surface area (Å²) in [6, 6.07) is 12.3. The van der Waals surface area contributed by atoms with Gasteiger partial charge in [0.25, 0.3) is 0 Å². The monoisotopic (exact) mass is 664 g/mol. The topological polar surface area (TPSA) is 122 Å². The Morgan fingerprint density at radius 2 is 1.55 bits per heavy atom. The van der Waals surface area contributed by atoms with Crippen molar-refractivity contribution in [2.75, 3.05) is 26.2 Å². The molecule has 8 rings (SSSR count). The number of carbonyl (C=O) groups is 2. The summed E-state index contributed by atoms with van der Waals surface area (Å²) in [6.45, 7) is 5.61. The number of hydrogen-bond acceptors (Lipinski definition) is 6. The van der Waals surface area contributed by atoms with Crippen LogP contribution in [0.3, 0.4) is 0 Å². The van der Waals surface area contributed by atoms with Crippen LogP contribution in [0.2, 0.25) is 0 Å². The second kappa shape index (κ2) is 12.9. The van der Waals surface area contributed by atoms with Crippen LogP contribution >= 0.6 is 0 Å². The van der Waals surface area contributed by atoms with Gasteiger partial charge in [-0.05, 0) is 55.2 Å². The van der Waals surface area contributed by atoms with E-state index in [1.54, 1.807) is 11.1 Å². The van der Waals surface area contributed by atoms with Crippen LogP contribution < -0.4 is 10.6 Å². The first-order chi connectivity index (χ1) is 23.8. The molecule has 252 valence electrons. The number of aromatic amines is 2. The van der Waals surface area contributed by atoms with Crippen LogP contribution in [0.1, 0.15) is 67.0 Å². The largest absolute Gasteiger partial charge is 0.340 e. The number of nitrogens with zero attached hydrogens (tertiary/aromatic N) is 4. The number of nitrogens with one attached hydrogen (secondary N) is 4. The smallest absolute Gasteiger partial charge is 0.240 e. The Bertz CT molecular complexity index is 1980. The molecule has 4 N–H and O–H groups in total. The lowest BCUT2D eigenvalue weighted by Gasteiger charge is -2.26. The first-order valence-corrected chi connectivity index (χ1v) is 17.0. The molecule has 4 saturated heterocycles. The van der Waals surface area contributed by atoms with Crippen molar-refractivity contribution in [3.8, 4) is 23.1 Å². The minimum absolute atomic E-state index is 0.0531. The number of amides is 2.